The van der Waals surface area contributed by atoms with Gasteiger partial charge in [0.25, 0.3) is 0 Å². The van der Waals surface area contributed by atoms with Crippen LogP contribution in [0.1, 0.15) is 39.0 Å². The molecule has 92 valence electrons. The minimum atomic E-state index is 0.211. The highest BCUT2D eigenvalue weighted by Gasteiger charge is 2.13. The molecule has 0 saturated heterocycles. The molecule has 0 spiro atoms. The maximum atomic E-state index is 6.07. The zero-order valence-corrected chi connectivity index (χ0v) is 9.99. The molecular formula is C11H28N4. The second-order valence-corrected chi connectivity index (χ2v) is 4.49. The molecule has 0 aliphatic carbocycles. The van der Waals surface area contributed by atoms with Gasteiger partial charge >= 0.3 is 0 Å². The fraction of sp³-hybridized carbons (Fsp3) is 1.00. The van der Waals surface area contributed by atoms with Gasteiger partial charge in [-0.25, -0.2) is 0 Å². The largest absolute Gasteiger partial charge is 0.330 e. The van der Waals surface area contributed by atoms with Gasteiger partial charge in [-0.15, -0.1) is 0 Å². The molecule has 4 heteroatoms. The van der Waals surface area contributed by atoms with Crippen molar-refractivity contribution in [3.63, 3.8) is 0 Å². The van der Waals surface area contributed by atoms with Crippen molar-refractivity contribution in [1.29, 1.82) is 0 Å². The van der Waals surface area contributed by atoms with Crippen LogP contribution in [0.15, 0.2) is 0 Å². The molecule has 3 unspecified atom stereocenters. The summed E-state index contributed by atoms with van der Waals surface area (Å²) < 4.78 is 0. The molecule has 0 aromatic heterocycles. The van der Waals surface area contributed by atoms with Crippen LogP contribution in [0.4, 0.5) is 0 Å². The molecule has 0 aromatic rings. The standard InChI is InChI=1S/C11H28N4/c1-9(3-2-7-12)11(15)5-4-10(14)6-8-13/h9-11H,2-8,12-15H2,1H3. The summed E-state index contributed by atoms with van der Waals surface area (Å²) in [6, 6.07) is 0.461. The van der Waals surface area contributed by atoms with Gasteiger partial charge in [0.2, 0.25) is 0 Å². The van der Waals surface area contributed by atoms with Gasteiger partial charge in [-0.3, -0.25) is 0 Å². The van der Waals surface area contributed by atoms with E-state index in [2.05, 4.69) is 6.92 Å². The van der Waals surface area contributed by atoms with Crippen LogP contribution in [0.2, 0.25) is 0 Å². The van der Waals surface area contributed by atoms with Crippen molar-refractivity contribution in [2.75, 3.05) is 13.1 Å². The lowest BCUT2D eigenvalue weighted by Gasteiger charge is -2.21. The van der Waals surface area contributed by atoms with Crippen molar-refractivity contribution in [2.24, 2.45) is 28.9 Å². The van der Waals surface area contributed by atoms with Gasteiger partial charge in [-0.2, -0.15) is 0 Å². The normalized spacial score (nSPS) is 17.4. The Morgan fingerprint density at radius 1 is 0.867 bits per heavy atom. The fourth-order valence-electron chi connectivity index (χ4n) is 1.70. The summed E-state index contributed by atoms with van der Waals surface area (Å²) in [7, 11) is 0. The average Bonchev–Trinajstić information content (AvgIpc) is 2.22. The molecule has 0 fully saturated rings. The van der Waals surface area contributed by atoms with Crippen LogP contribution in [-0.4, -0.2) is 25.2 Å². The topological polar surface area (TPSA) is 104 Å². The van der Waals surface area contributed by atoms with Crippen LogP contribution in [0.3, 0.4) is 0 Å². The van der Waals surface area contributed by atoms with E-state index in [9.17, 15) is 0 Å². The number of rotatable bonds is 9. The summed E-state index contributed by atoms with van der Waals surface area (Å²) in [5.41, 5.74) is 22.9. The minimum absolute atomic E-state index is 0.211. The zero-order valence-electron chi connectivity index (χ0n) is 9.99. The summed E-state index contributed by atoms with van der Waals surface area (Å²) in [5.74, 6) is 0.540. The lowest BCUT2D eigenvalue weighted by atomic mass is 9.92. The maximum absolute atomic E-state index is 6.07. The van der Waals surface area contributed by atoms with Crippen molar-refractivity contribution in [1.82, 2.24) is 0 Å². The molecule has 0 aliphatic heterocycles. The minimum Gasteiger partial charge on any atom is -0.330 e. The molecule has 3 atom stereocenters. The van der Waals surface area contributed by atoms with E-state index < -0.39 is 0 Å². The summed E-state index contributed by atoms with van der Waals surface area (Å²) in [6.07, 6.45) is 5.04. The Labute approximate surface area is 93.7 Å². The maximum Gasteiger partial charge on any atom is 0.00651 e. The van der Waals surface area contributed by atoms with Crippen molar-refractivity contribution < 1.29 is 0 Å². The van der Waals surface area contributed by atoms with E-state index in [1.807, 2.05) is 0 Å². The van der Waals surface area contributed by atoms with Crippen molar-refractivity contribution in [2.45, 2.75) is 51.1 Å². The van der Waals surface area contributed by atoms with Crippen LogP contribution in [0.25, 0.3) is 0 Å². The summed E-state index contributed by atoms with van der Waals surface area (Å²) >= 11 is 0. The van der Waals surface area contributed by atoms with E-state index in [-0.39, 0.29) is 12.1 Å². The number of hydrogen-bond donors (Lipinski definition) is 4. The van der Waals surface area contributed by atoms with Crippen LogP contribution < -0.4 is 22.9 Å². The predicted molar refractivity (Wildman–Crippen MR) is 66.3 cm³/mol. The van der Waals surface area contributed by atoms with Crippen LogP contribution in [0.5, 0.6) is 0 Å². The Balaban J connectivity index is 3.57. The molecule has 8 N–H and O–H groups in total. The number of hydrogen-bond acceptors (Lipinski definition) is 4. The first-order chi connectivity index (χ1) is 7.11. The van der Waals surface area contributed by atoms with E-state index in [4.69, 9.17) is 22.9 Å². The van der Waals surface area contributed by atoms with Gasteiger partial charge in [-0.1, -0.05) is 6.92 Å². The molecule has 0 aromatic carbocycles. The van der Waals surface area contributed by atoms with Gasteiger partial charge < -0.3 is 22.9 Å². The van der Waals surface area contributed by atoms with Crippen molar-refractivity contribution in [3.05, 3.63) is 0 Å². The molecule has 0 amide bonds. The summed E-state index contributed by atoms with van der Waals surface area (Å²) in [4.78, 5) is 0. The Hall–Kier alpha value is -0.160. The van der Waals surface area contributed by atoms with Crippen molar-refractivity contribution >= 4 is 0 Å². The first-order valence-electron chi connectivity index (χ1n) is 6.03. The molecule has 15 heavy (non-hydrogen) atoms. The first kappa shape index (κ1) is 14.8. The Bertz CT molecular complexity index is 141. The Morgan fingerprint density at radius 2 is 1.53 bits per heavy atom. The van der Waals surface area contributed by atoms with E-state index in [0.717, 1.165) is 38.6 Å². The fourth-order valence-corrected chi connectivity index (χ4v) is 1.70. The second kappa shape index (κ2) is 9.09. The van der Waals surface area contributed by atoms with Crippen LogP contribution in [0, 0.1) is 5.92 Å². The predicted octanol–water partition coefficient (Wildman–Crippen LogP) is 0.145. The van der Waals surface area contributed by atoms with E-state index in [0.29, 0.717) is 12.5 Å². The van der Waals surface area contributed by atoms with Crippen molar-refractivity contribution in [3.8, 4) is 0 Å². The van der Waals surface area contributed by atoms with Gasteiger partial charge in [0, 0.05) is 12.1 Å². The third-order valence-corrected chi connectivity index (χ3v) is 3.00. The first-order valence-corrected chi connectivity index (χ1v) is 6.03. The van der Waals surface area contributed by atoms with Gasteiger partial charge in [0.15, 0.2) is 0 Å². The molecular weight excluding hydrogens is 188 g/mol. The van der Waals surface area contributed by atoms with Gasteiger partial charge in [0.05, 0.1) is 0 Å². The smallest absolute Gasteiger partial charge is 0.00651 e. The lowest BCUT2D eigenvalue weighted by molar-refractivity contribution is 0.376. The molecule has 0 saturated carbocycles. The van der Waals surface area contributed by atoms with Gasteiger partial charge in [-0.05, 0) is 51.1 Å². The highest BCUT2D eigenvalue weighted by Crippen LogP contribution is 2.13. The third kappa shape index (κ3) is 7.73. The highest BCUT2D eigenvalue weighted by molar-refractivity contribution is 4.72. The summed E-state index contributed by atoms with van der Waals surface area (Å²) in [5, 5.41) is 0. The molecule has 4 nitrogen and oxygen atoms in total. The third-order valence-electron chi connectivity index (χ3n) is 3.00. The van der Waals surface area contributed by atoms with E-state index in [1.54, 1.807) is 0 Å². The highest BCUT2D eigenvalue weighted by atomic mass is 14.7. The SMILES string of the molecule is CC(CCCN)C(N)CCC(N)CCN. The molecule has 0 bridgehead atoms. The van der Waals surface area contributed by atoms with Gasteiger partial charge in [0.1, 0.15) is 0 Å². The molecule has 0 heterocycles. The van der Waals surface area contributed by atoms with E-state index >= 15 is 0 Å². The second-order valence-electron chi connectivity index (χ2n) is 4.49. The zero-order chi connectivity index (χ0) is 11.7. The monoisotopic (exact) mass is 216 g/mol. The molecule has 0 radical (unpaired) electrons. The Morgan fingerprint density at radius 3 is 2.07 bits per heavy atom. The van der Waals surface area contributed by atoms with Crippen LogP contribution in [-0.2, 0) is 0 Å². The lowest BCUT2D eigenvalue weighted by Crippen LogP contribution is -2.32. The average molecular weight is 216 g/mol. The number of nitrogens with two attached hydrogens (primary N) is 4. The Kier molecular flexibility index (Phi) is 9.00. The van der Waals surface area contributed by atoms with E-state index in [1.165, 1.54) is 0 Å². The summed E-state index contributed by atoms with van der Waals surface area (Å²) in [6.45, 7) is 3.61. The molecule has 0 aliphatic rings. The molecule has 0 rings (SSSR count). The van der Waals surface area contributed by atoms with Crippen LogP contribution >= 0.6 is 0 Å². The quantitative estimate of drug-likeness (QED) is 0.440.